The van der Waals surface area contributed by atoms with E-state index >= 15 is 0 Å². The minimum Gasteiger partial charge on any atom is -0.345 e. The summed E-state index contributed by atoms with van der Waals surface area (Å²) in [5.74, 6) is -1.02. The van der Waals surface area contributed by atoms with Crippen LogP contribution in [0.15, 0.2) is 58.9 Å². The fourth-order valence-electron chi connectivity index (χ4n) is 2.68. The summed E-state index contributed by atoms with van der Waals surface area (Å²) in [5, 5.41) is 12.8. The molecule has 0 aliphatic rings. The van der Waals surface area contributed by atoms with Crippen LogP contribution in [-0.2, 0) is 14.8 Å². The Kier molecular flexibility index (Phi) is 7.21. The monoisotopic (exact) mass is 473 g/mol. The van der Waals surface area contributed by atoms with Gasteiger partial charge in [-0.15, -0.1) is 10.2 Å². The Bertz CT molecular complexity index is 1210. The summed E-state index contributed by atoms with van der Waals surface area (Å²) >= 11 is 0.722. The fraction of sp³-hybridized carbons (Fsp3) is 0.238. The first-order chi connectivity index (χ1) is 15.2. The van der Waals surface area contributed by atoms with Gasteiger partial charge in [0, 0.05) is 5.92 Å². The van der Waals surface area contributed by atoms with Crippen molar-refractivity contribution in [3.05, 3.63) is 65.7 Å². The van der Waals surface area contributed by atoms with Crippen LogP contribution in [0.1, 0.15) is 42.7 Å². The molecule has 3 N–H and O–H groups in total. The number of sulfonamides is 1. The summed E-state index contributed by atoms with van der Waals surface area (Å²) in [6.07, 6.45) is 0. The van der Waals surface area contributed by atoms with Crippen LogP contribution in [0.5, 0.6) is 0 Å². The highest BCUT2D eigenvalue weighted by Gasteiger charge is 2.24. The second-order valence-corrected chi connectivity index (χ2v) is 10.1. The number of benzene rings is 2. The van der Waals surface area contributed by atoms with Crippen molar-refractivity contribution in [2.24, 2.45) is 5.92 Å². The fourth-order valence-corrected chi connectivity index (χ4v) is 4.66. The van der Waals surface area contributed by atoms with Crippen LogP contribution in [-0.4, -0.2) is 30.4 Å². The summed E-state index contributed by atoms with van der Waals surface area (Å²) in [6.45, 7) is 5.25. The Morgan fingerprint density at radius 3 is 2.28 bits per heavy atom. The highest BCUT2D eigenvalue weighted by molar-refractivity contribution is 7.94. The van der Waals surface area contributed by atoms with Crippen LogP contribution in [0.25, 0.3) is 0 Å². The van der Waals surface area contributed by atoms with E-state index in [1.54, 1.807) is 26.0 Å². The molecule has 0 aliphatic heterocycles. The molecule has 3 rings (SSSR count). The Labute approximate surface area is 190 Å². The first-order valence-corrected chi connectivity index (χ1v) is 12.1. The molecule has 1 aromatic heterocycles. The zero-order valence-corrected chi connectivity index (χ0v) is 19.3. The largest absolute Gasteiger partial charge is 0.345 e. The summed E-state index contributed by atoms with van der Waals surface area (Å²) in [4.78, 5) is 24.6. The predicted molar refractivity (Wildman–Crippen MR) is 123 cm³/mol. The molecule has 0 bridgehead atoms. The number of amides is 2. The molecule has 0 saturated carbocycles. The van der Waals surface area contributed by atoms with E-state index in [1.165, 1.54) is 12.1 Å². The van der Waals surface area contributed by atoms with Gasteiger partial charge in [0.25, 0.3) is 20.3 Å². The third-order valence-electron chi connectivity index (χ3n) is 4.45. The van der Waals surface area contributed by atoms with Crippen LogP contribution >= 0.6 is 11.3 Å². The molecule has 0 aliphatic carbocycles. The molecule has 11 heteroatoms. The number of carbonyl (C=O) groups excluding carboxylic acids is 2. The number of rotatable bonds is 8. The summed E-state index contributed by atoms with van der Waals surface area (Å²) in [6, 6.07) is 15.4. The first kappa shape index (κ1) is 23.4. The van der Waals surface area contributed by atoms with Gasteiger partial charge >= 0.3 is 0 Å². The number of nitrogens with zero attached hydrogens (tertiary/aromatic N) is 2. The highest BCUT2D eigenvalue weighted by Crippen LogP contribution is 2.25. The smallest absolute Gasteiger partial charge is 0.291 e. The van der Waals surface area contributed by atoms with Gasteiger partial charge in [0.2, 0.25) is 11.0 Å². The standard InChI is InChI=1S/C21H23N5O4S2/c1-13(2)18(27)23-20-24-25-21(31-20)32(29,30)26-17-12-8-7-11-16(17)19(28)22-14(3)15-9-5-4-6-10-15/h4-14,26H,1-3H3,(H,22,28)(H,23,24,27)/t14-/m1/s1. The first-order valence-electron chi connectivity index (χ1n) is 9.79. The van der Waals surface area contributed by atoms with E-state index in [0.717, 1.165) is 16.9 Å². The number of aromatic nitrogens is 2. The molecule has 3 aromatic rings. The lowest BCUT2D eigenvalue weighted by molar-refractivity contribution is -0.118. The normalized spacial score (nSPS) is 12.2. The minimum atomic E-state index is -4.12. The predicted octanol–water partition coefficient (Wildman–Crippen LogP) is 3.42. The number of para-hydroxylation sites is 1. The van der Waals surface area contributed by atoms with Gasteiger partial charge in [0.15, 0.2) is 0 Å². The van der Waals surface area contributed by atoms with Crippen molar-refractivity contribution in [1.82, 2.24) is 15.5 Å². The molecule has 0 fully saturated rings. The average molecular weight is 474 g/mol. The van der Waals surface area contributed by atoms with Crippen molar-refractivity contribution < 1.29 is 18.0 Å². The van der Waals surface area contributed by atoms with Crippen molar-refractivity contribution in [2.45, 2.75) is 31.2 Å². The molecule has 0 radical (unpaired) electrons. The zero-order valence-electron chi connectivity index (χ0n) is 17.7. The van der Waals surface area contributed by atoms with Gasteiger partial charge < -0.3 is 10.6 Å². The summed E-state index contributed by atoms with van der Waals surface area (Å²) in [5.41, 5.74) is 1.19. The Hall–Kier alpha value is -3.31. The molecule has 32 heavy (non-hydrogen) atoms. The number of hydrogen-bond donors (Lipinski definition) is 3. The Balaban J connectivity index is 1.77. The van der Waals surface area contributed by atoms with Crippen molar-refractivity contribution in [1.29, 1.82) is 0 Å². The molecular weight excluding hydrogens is 450 g/mol. The minimum absolute atomic E-state index is 0.0757. The maximum absolute atomic E-state index is 12.8. The average Bonchev–Trinajstić information content (AvgIpc) is 3.24. The molecule has 9 nitrogen and oxygen atoms in total. The molecule has 1 heterocycles. The quantitative estimate of drug-likeness (QED) is 0.430. The molecule has 2 amide bonds. The van der Waals surface area contributed by atoms with E-state index in [9.17, 15) is 18.0 Å². The van der Waals surface area contributed by atoms with Gasteiger partial charge in [-0.2, -0.15) is 8.42 Å². The van der Waals surface area contributed by atoms with Crippen LogP contribution in [0, 0.1) is 5.92 Å². The SMILES string of the molecule is CC(C)C(=O)Nc1nnc(S(=O)(=O)Nc2ccccc2C(=O)N[C@H](C)c2ccccc2)s1. The lowest BCUT2D eigenvalue weighted by Crippen LogP contribution is -2.28. The van der Waals surface area contributed by atoms with E-state index in [4.69, 9.17) is 0 Å². The second-order valence-electron chi connectivity index (χ2n) is 7.27. The lowest BCUT2D eigenvalue weighted by atomic mass is 10.1. The topological polar surface area (TPSA) is 130 Å². The third-order valence-corrected chi connectivity index (χ3v) is 7.03. The number of anilines is 2. The molecule has 0 saturated heterocycles. The third kappa shape index (κ3) is 5.68. The Morgan fingerprint density at radius 1 is 0.938 bits per heavy atom. The van der Waals surface area contributed by atoms with Crippen molar-refractivity contribution >= 4 is 44.0 Å². The maximum Gasteiger partial charge on any atom is 0.291 e. The maximum atomic E-state index is 12.8. The van der Waals surface area contributed by atoms with Gasteiger partial charge in [0.1, 0.15) is 0 Å². The van der Waals surface area contributed by atoms with Crippen molar-refractivity contribution in [2.75, 3.05) is 10.0 Å². The molecule has 1 atom stereocenters. The molecule has 0 spiro atoms. The Morgan fingerprint density at radius 2 is 1.59 bits per heavy atom. The van der Waals surface area contributed by atoms with Gasteiger partial charge in [-0.3, -0.25) is 14.3 Å². The van der Waals surface area contributed by atoms with E-state index in [0.29, 0.717) is 0 Å². The van der Waals surface area contributed by atoms with E-state index in [1.807, 2.05) is 37.3 Å². The van der Waals surface area contributed by atoms with E-state index < -0.39 is 15.9 Å². The van der Waals surface area contributed by atoms with E-state index in [-0.39, 0.29) is 38.6 Å². The van der Waals surface area contributed by atoms with Crippen LogP contribution < -0.4 is 15.4 Å². The van der Waals surface area contributed by atoms with E-state index in [2.05, 4.69) is 25.6 Å². The van der Waals surface area contributed by atoms with Crippen LogP contribution in [0.4, 0.5) is 10.8 Å². The van der Waals surface area contributed by atoms with Crippen LogP contribution in [0.2, 0.25) is 0 Å². The molecular formula is C21H23N5O4S2. The van der Waals surface area contributed by atoms with Crippen molar-refractivity contribution in [3.63, 3.8) is 0 Å². The lowest BCUT2D eigenvalue weighted by Gasteiger charge is -2.16. The van der Waals surface area contributed by atoms with Gasteiger partial charge in [-0.05, 0) is 24.6 Å². The second kappa shape index (κ2) is 9.88. The molecule has 2 aromatic carbocycles. The van der Waals surface area contributed by atoms with Crippen LogP contribution in [0.3, 0.4) is 0 Å². The number of carbonyl (C=O) groups is 2. The summed E-state index contributed by atoms with van der Waals surface area (Å²) in [7, 11) is -4.12. The molecule has 168 valence electrons. The molecule has 0 unspecified atom stereocenters. The van der Waals surface area contributed by atoms with Gasteiger partial charge in [-0.1, -0.05) is 67.6 Å². The number of hydrogen-bond acceptors (Lipinski definition) is 7. The number of nitrogens with one attached hydrogen (secondary N) is 3. The van der Waals surface area contributed by atoms with Gasteiger partial charge in [0.05, 0.1) is 17.3 Å². The van der Waals surface area contributed by atoms with Gasteiger partial charge in [-0.25, -0.2) is 0 Å². The highest BCUT2D eigenvalue weighted by atomic mass is 32.2. The van der Waals surface area contributed by atoms with Crippen molar-refractivity contribution in [3.8, 4) is 0 Å². The zero-order chi connectivity index (χ0) is 23.3. The summed E-state index contributed by atoms with van der Waals surface area (Å²) < 4.78 is 27.7.